The first kappa shape index (κ1) is 20.0. The lowest BCUT2D eigenvalue weighted by molar-refractivity contribution is 0.101. The molecule has 7 nitrogen and oxygen atoms in total. The summed E-state index contributed by atoms with van der Waals surface area (Å²) in [5, 5.41) is 7.13. The van der Waals surface area contributed by atoms with Crippen molar-refractivity contribution in [2.24, 2.45) is 21.1 Å². The number of amidine groups is 1. The molecule has 2 fully saturated rings. The molecule has 29 heavy (non-hydrogen) atoms. The van der Waals surface area contributed by atoms with Crippen molar-refractivity contribution >= 4 is 35.7 Å². The van der Waals surface area contributed by atoms with Crippen molar-refractivity contribution < 1.29 is 9.13 Å². The van der Waals surface area contributed by atoms with Gasteiger partial charge in [0.25, 0.3) is 0 Å². The summed E-state index contributed by atoms with van der Waals surface area (Å²) >= 11 is 6.12. The molecule has 2 aromatic rings. The second-order valence-corrected chi connectivity index (χ2v) is 8.04. The molecule has 4 rings (SSSR count). The third-order valence-corrected chi connectivity index (χ3v) is 6.44. The van der Waals surface area contributed by atoms with Gasteiger partial charge in [-0.2, -0.15) is 5.10 Å². The summed E-state index contributed by atoms with van der Waals surface area (Å²) in [6, 6.07) is 4.68. The normalized spacial score (nSPS) is 21.7. The molecule has 1 aromatic carbocycles. The van der Waals surface area contributed by atoms with Crippen LogP contribution >= 0.6 is 11.6 Å². The first-order chi connectivity index (χ1) is 13.9. The van der Waals surface area contributed by atoms with Crippen LogP contribution < -0.4 is 5.73 Å². The molecule has 3 heterocycles. The second kappa shape index (κ2) is 7.85. The van der Waals surface area contributed by atoms with E-state index in [1.54, 1.807) is 12.1 Å². The number of piperidine rings is 1. The number of nitrogens with one attached hydrogen (secondary N) is 1. The van der Waals surface area contributed by atoms with Crippen molar-refractivity contribution in [3.05, 3.63) is 29.0 Å². The summed E-state index contributed by atoms with van der Waals surface area (Å²) in [6.45, 7) is 8.65. The number of hydrogen-bond acceptors (Lipinski definition) is 5. The molecular formula is C20H24ClFN6O. The van der Waals surface area contributed by atoms with Crippen molar-refractivity contribution in [3.63, 3.8) is 0 Å². The third-order valence-electron chi connectivity index (χ3n) is 6.06. The van der Waals surface area contributed by atoms with Gasteiger partial charge in [-0.25, -0.2) is 9.38 Å². The first-order valence-corrected chi connectivity index (χ1v) is 9.96. The van der Waals surface area contributed by atoms with E-state index in [1.807, 2.05) is 6.92 Å². The van der Waals surface area contributed by atoms with Crippen LogP contribution in [0.4, 0.5) is 15.9 Å². The first-order valence-electron chi connectivity index (χ1n) is 9.58. The van der Waals surface area contributed by atoms with Crippen LogP contribution in [0, 0.1) is 11.2 Å². The Morgan fingerprint density at radius 2 is 2.21 bits per heavy atom. The van der Waals surface area contributed by atoms with Crippen LogP contribution in [0.5, 0.6) is 0 Å². The van der Waals surface area contributed by atoms with Gasteiger partial charge >= 0.3 is 0 Å². The number of aliphatic imine (C=N–C) groups is 2. The van der Waals surface area contributed by atoms with Gasteiger partial charge < -0.3 is 15.4 Å². The minimum atomic E-state index is -0.508. The highest BCUT2D eigenvalue weighted by Gasteiger charge is 2.44. The molecule has 3 N–H and O–H groups in total. The highest BCUT2D eigenvalue weighted by atomic mass is 35.5. The summed E-state index contributed by atoms with van der Waals surface area (Å²) in [6.07, 6.45) is 1.94. The number of aromatic amines is 1. The van der Waals surface area contributed by atoms with Crippen LogP contribution in [0.3, 0.4) is 0 Å². The van der Waals surface area contributed by atoms with E-state index in [4.69, 9.17) is 22.1 Å². The fraction of sp³-hybridized carbons (Fsp3) is 0.450. The maximum atomic E-state index is 13.8. The Hall–Kier alpha value is -2.29. The van der Waals surface area contributed by atoms with E-state index in [9.17, 15) is 4.39 Å². The van der Waals surface area contributed by atoms with E-state index in [-0.39, 0.29) is 16.5 Å². The average Bonchev–Trinajstić information content (AvgIpc) is 3.28. The van der Waals surface area contributed by atoms with Gasteiger partial charge in [-0.05, 0) is 32.5 Å². The number of rotatable bonds is 3. The van der Waals surface area contributed by atoms with E-state index in [2.05, 4.69) is 31.8 Å². The fourth-order valence-corrected chi connectivity index (χ4v) is 4.35. The van der Waals surface area contributed by atoms with Gasteiger partial charge in [0.15, 0.2) is 0 Å². The molecule has 1 aromatic heterocycles. The zero-order valence-electron chi connectivity index (χ0n) is 16.3. The maximum Gasteiger partial charge on any atom is 0.201 e. The van der Waals surface area contributed by atoms with E-state index >= 15 is 0 Å². The molecule has 2 saturated heterocycles. The van der Waals surface area contributed by atoms with Gasteiger partial charge in [0, 0.05) is 30.1 Å². The van der Waals surface area contributed by atoms with E-state index in [0.29, 0.717) is 29.4 Å². The van der Waals surface area contributed by atoms with Gasteiger partial charge in [0.2, 0.25) is 5.82 Å². The molecule has 1 atom stereocenters. The van der Waals surface area contributed by atoms with Gasteiger partial charge in [-0.1, -0.05) is 23.7 Å². The van der Waals surface area contributed by atoms with Crippen molar-refractivity contribution in [2.45, 2.75) is 25.8 Å². The summed E-state index contributed by atoms with van der Waals surface area (Å²) in [5.74, 6) is 0.723. The van der Waals surface area contributed by atoms with E-state index in [0.717, 1.165) is 38.4 Å². The fourth-order valence-electron chi connectivity index (χ4n) is 4.13. The Bertz CT molecular complexity index is 950. The minimum Gasteiger partial charge on any atom is -0.379 e. The molecule has 0 unspecified atom stereocenters. The number of benzene rings is 1. The lowest BCUT2D eigenvalue weighted by Gasteiger charge is -2.41. The maximum absolute atomic E-state index is 13.8. The number of aromatic nitrogens is 2. The monoisotopic (exact) mass is 418 g/mol. The predicted octanol–water partition coefficient (Wildman–Crippen LogP) is 3.69. The minimum absolute atomic E-state index is 0.00440. The Labute approximate surface area is 173 Å². The number of hydrogen-bond donors (Lipinski definition) is 2. The Balaban J connectivity index is 1.56. The molecule has 154 valence electrons. The number of likely N-dealkylation sites (tertiary alicyclic amines) is 1. The van der Waals surface area contributed by atoms with E-state index < -0.39 is 5.82 Å². The Kier molecular flexibility index (Phi) is 5.42. The second-order valence-electron chi connectivity index (χ2n) is 7.66. The molecule has 2 aliphatic heterocycles. The number of H-pyrrole nitrogens is 1. The smallest absolute Gasteiger partial charge is 0.201 e. The summed E-state index contributed by atoms with van der Waals surface area (Å²) < 4.78 is 19.4. The number of nitrogens with two attached hydrogens (primary N) is 1. The SMILES string of the molecule is C=Nc1c(N=C(C)N2CCC3(CC2)COC[C@H]3N)n[nH]c1-c1cccc(F)c1Cl. The molecule has 0 aliphatic carbocycles. The Morgan fingerprint density at radius 1 is 1.45 bits per heavy atom. The van der Waals surface area contributed by atoms with Gasteiger partial charge in [-0.15, -0.1) is 0 Å². The summed E-state index contributed by atoms with van der Waals surface area (Å²) in [4.78, 5) is 10.9. The molecule has 1 spiro atoms. The molecule has 0 saturated carbocycles. The average molecular weight is 419 g/mol. The molecular weight excluding hydrogens is 395 g/mol. The van der Waals surface area contributed by atoms with Crippen LogP contribution in [-0.4, -0.2) is 60.0 Å². The molecule has 0 bridgehead atoms. The zero-order chi connectivity index (χ0) is 20.6. The topological polar surface area (TPSA) is 91.9 Å². The lowest BCUT2D eigenvalue weighted by Crippen LogP contribution is -2.50. The van der Waals surface area contributed by atoms with Gasteiger partial charge in [0.1, 0.15) is 17.3 Å². The molecule has 9 heteroatoms. The summed E-state index contributed by atoms with van der Waals surface area (Å²) in [5.41, 5.74) is 7.74. The van der Waals surface area contributed by atoms with Crippen LogP contribution in [-0.2, 0) is 4.74 Å². The largest absolute Gasteiger partial charge is 0.379 e. The highest BCUT2D eigenvalue weighted by molar-refractivity contribution is 6.33. The van der Waals surface area contributed by atoms with Crippen molar-refractivity contribution in [1.82, 2.24) is 15.1 Å². The van der Waals surface area contributed by atoms with Crippen molar-refractivity contribution in [3.8, 4) is 11.3 Å². The molecule has 2 aliphatic rings. The zero-order valence-corrected chi connectivity index (χ0v) is 17.0. The predicted molar refractivity (Wildman–Crippen MR) is 113 cm³/mol. The molecule has 0 radical (unpaired) electrons. The highest BCUT2D eigenvalue weighted by Crippen LogP contribution is 2.41. The van der Waals surface area contributed by atoms with Crippen molar-refractivity contribution in [1.29, 1.82) is 0 Å². The quantitative estimate of drug-likeness (QED) is 0.587. The Morgan fingerprint density at radius 3 is 2.86 bits per heavy atom. The van der Waals surface area contributed by atoms with Gasteiger partial charge in [-0.3, -0.25) is 10.1 Å². The number of ether oxygens (including phenoxy) is 1. The van der Waals surface area contributed by atoms with Crippen molar-refractivity contribution in [2.75, 3.05) is 26.3 Å². The standard InChI is InChI=1S/C20H24ClFN6O/c1-12(28-8-6-20(7-9-28)11-29-10-15(20)23)25-19-18(24-2)17(26-27-19)13-4-3-5-14(22)16(13)21/h3-5,15H,2,6-11,23H2,1H3,(H,26,27)/t15-/m1/s1. The molecule has 0 amide bonds. The van der Waals surface area contributed by atoms with Crippen LogP contribution in [0.15, 0.2) is 28.2 Å². The van der Waals surface area contributed by atoms with Crippen LogP contribution in [0.1, 0.15) is 19.8 Å². The van der Waals surface area contributed by atoms with Gasteiger partial charge in [0.05, 0.1) is 23.9 Å². The summed E-state index contributed by atoms with van der Waals surface area (Å²) in [7, 11) is 0. The lowest BCUT2D eigenvalue weighted by atomic mass is 9.75. The van der Waals surface area contributed by atoms with Crippen LogP contribution in [0.2, 0.25) is 5.02 Å². The number of nitrogens with zero attached hydrogens (tertiary/aromatic N) is 4. The number of halogens is 2. The van der Waals surface area contributed by atoms with E-state index in [1.165, 1.54) is 6.07 Å². The van der Waals surface area contributed by atoms with Crippen LogP contribution in [0.25, 0.3) is 11.3 Å². The third kappa shape index (κ3) is 3.56.